The molecule has 9 heteroatoms. The van der Waals surface area contributed by atoms with Crippen molar-refractivity contribution < 1.29 is 9.53 Å². The number of thioether (sulfide) groups is 1. The van der Waals surface area contributed by atoms with Crippen molar-refractivity contribution in [1.29, 1.82) is 0 Å². The van der Waals surface area contributed by atoms with E-state index >= 15 is 0 Å². The summed E-state index contributed by atoms with van der Waals surface area (Å²) in [6.45, 7) is 1.87. The minimum absolute atomic E-state index is 0.0513. The molecule has 4 aromatic rings. The highest BCUT2D eigenvalue weighted by Crippen LogP contribution is 2.26. The van der Waals surface area contributed by atoms with Gasteiger partial charge in [-0.1, -0.05) is 35.4 Å². The summed E-state index contributed by atoms with van der Waals surface area (Å²) < 4.78 is 8.56. The number of hydrogen-bond donors (Lipinski definition) is 0. The lowest BCUT2D eigenvalue weighted by Crippen LogP contribution is -2.20. The molecular formula is C20H17ClN4O3S. The normalized spacial score (nSPS) is 11.3. The molecule has 0 bridgehead atoms. The number of carbonyl (C=O) groups excluding carboxylic acids is 1. The lowest BCUT2D eigenvalue weighted by atomic mass is 10.1. The van der Waals surface area contributed by atoms with Gasteiger partial charge >= 0.3 is 5.97 Å². The third-order valence-corrected chi connectivity index (χ3v) is 5.97. The van der Waals surface area contributed by atoms with Gasteiger partial charge in [0, 0.05) is 11.9 Å². The molecule has 0 spiro atoms. The van der Waals surface area contributed by atoms with Gasteiger partial charge < -0.3 is 4.74 Å². The SMILES string of the molecule is Cc1ccc2c(c1)c(=O)n(C)c1nnc(COC(=O)CSc3ccccc3Cl)n21. The van der Waals surface area contributed by atoms with Crippen LogP contribution in [-0.4, -0.2) is 30.9 Å². The Morgan fingerprint density at radius 1 is 1.21 bits per heavy atom. The van der Waals surface area contributed by atoms with Crippen molar-refractivity contribution in [3.63, 3.8) is 0 Å². The number of carbonyl (C=O) groups is 1. The zero-order chi connectivity index (χ0) is 20.5. The molecule has 0 saturated heterocycles. The van der Waals surface area contributed by atoms with Gasteiger partial charge in [0.25, 0.3) is 5.56 Å². The van der Waals surface area contributed by atoms with Gasteiger partial charge in [0.15, 0.2) is 12.4 Å². The second-order valence-corrected chi connectivity index (χ2v) is 7.94. The number of aryl methyl sites for hydroxylation is 2. The summed E-state index contributed by atoms with van der Waals surface area (Å²) in [4.78, 5) is 25.6. The third kappa shape index (κ3) is 3.73. The molecule has 0 saturated carbocycles. The molecule has 2 aromatic carbocycles. The Morgan fingerprint density at radius 2 is 2.00 bits per heavy atom. The molecule has 0 fully saturated rings. The highest BCUT2D eigenvalue weighted by Gasteiger charge is 2.16. The molecule has 2 heterocycles. The van der Waals surface area contributed by atoms with E-state index in [9.17, 15) is 9.59 Å². The maximum Gasteiger partial charge on any atom is 0.316 e. The lowest BCUT2D eigenvalue weighted by Gasteiger charge is -2.09. The first kappa shape index (κ1) is 19.5. The zero-order valence-corrected chi connectivity index (χ0v) is 17.3. The van der Waals surface area contributed by atoms with Gasteiger partial charge in [-0.3, -0.25) is 18.6 Å². The number of ether oxygens (including phenoxy) is 1. The van der Waals surface area contributed by atoms with Gasteiger partial charge in [0.1, 0.15) is 0 Å². The monoisotopic (exact) mass is 428 g/mol. The summed E-state index contributed by atoms with van der Waals surface area (Å²) in [6.07, 6.45) is 0. The van der Waals surface area contributed by atoms with Crippen molar-refractivity contribution >= 4 is 46.0 Å². The van der Waals surface area contributed by atoms with Crippen LogP contribution in [0.3, 0.4) is 0 Å². The summed E-state index contributed by atoms with van der Waals surface area (Å²) in [5.41, 5.74) is 1.50. The molecule has 0 N–H and O–H groups in total. The van der Waals surface area contributed by atoms with Crippen LogP contribution >= 0.6 is 23.4 Å². The maximum atomic E-state index is 12.6. The Morgan fingerprint density at radius 3 is 2.79 bits per heavy atom. The third-order valence-electron chi connectivity index (χ3n) is 4.49. The van der Waals surface area contributed by atoms with E-state index in [2.05, 4.69) is 10.2 Å². The van der Waals surface area contributed by atoms with Crippen molar-refractivity contribution in [1.82, 2.24) is 19.2 Å². The van der Waals surface area contributed by atoms with Gasteiger partial charge in [0.2, 0.25) is 5.78 Å². The van der Waals surface area contributed by atoms with Gasteiger partial charge in [0.05, 0.1) is 21.7 Å². The largest absolute Gasteiger partial charge is 0.457 e. The van der Waals surface area contributed by atoms with Crippen LogP contribution in [0.5, 0.6) is 0 Å². The van der Waals surface area contributed by atoms with Crippen molar-refractivity contribution in [2.45, 2.75) is 18.4 Å². The van der Waals surface area contributed by atoms with Crippen LogP contribution in [-0.2, 0) is 23.2 Å². The van der Waals surface area contributed by atoms with Crippen LogP contribution in [0.25, 0.3) is 16.7 Å². The number of halogens is 1. The number of fused-ring (bicyclic) bond motifs is 3. The molecule has 148 valence electrons. The molecule has 4 rings (SSSR count). The van der Waals surface area contributed by atoms with Crippen molar-refractivity contribution in [3.05, 3.63) is 69.2 Å². The fourth-order valence-corrected chi connectivity index (χ4v) is 4.07. The molecule has 29 heavy (non-hydrogen) atoms. The number of esters is 1. The summed E-state index contributed by atoms with van der Waals surface area (Å²) >= 11 is 7.41. The number of hydrogen-bond acceptors (Lipinski definition) is 6. The van der Waals surface area contributed by atoms with Crippen LogP contribution in [0.4, 0.5) is 0 Å². The molecule has 0 aliphatic rings. The molecular weight excluding hydrogens is 412 g/mol. The molecule has 0 unspecified atom stereocenters. The number of aromatic nitrogens is 4. The fourth-order valence-electron chi connectivity index (χ4n) is 3.04. The first-order valence-corrected chi connectivity index (χ1v) is 10.2. The van der Waals surface area contributed by atoms with Gasteiger partial charge in [-0.15, -0.1) is 22.0 Å². The van der Waals surface area contributed by atoms with E-state index in [0.29, 0.717) is 27.5 Å². The molecule has 0 amide bonds. The Labute approximate surface area is 175 Å². The molecule has 0 atom stereocenters. The van der Waals surface area contributed by atoms with Crippen LogP contribution in [0.1, 0.15) is 11.4 Å². The van der Waals surface area contributed by atoms with E-state index in [4.69, 9.17) is 16.3 Å². The fraction of sp³-hybridized carbons (Fsp3) is 0.200. The molecule has 0 radical (unpaired) electrons. The maximum absolute atomic E-state index is 12.6. The highest BCUT2D eigenvalue weighted by atomic mass is 35.5. The average Bonchev–Trinajstić information content (AvgIpc) is 3.14. The van der Waals surface area contributed by atoms with Crippen molar-refractivity contribution in [2.24, 2.45) is 7.05 Å². The number of rotatable bonds is 5. The van der Waals surface area contributed by atoms with Gasteiger partial charge in [-0.25, -0.2) is 0 Å². The molecule has 0 aliphatic heterocycles. The number of benzene rings is 2. The van der Waals surface area contributed by atoms with E-state index < -0.39 is 5.97 Å². The van der Waals surface area contributed by atoms with E-state index in [0.717, 1.165) is 10.5 Å². The first-order valence-electron chi connectivity index (χ1n) is 8.82. The van der Waals surface area contributed by atoms with Crippen LogP contribution in [0.15, 0.2) is 52.2 Å². The Bertz CT molecular complexity index is 1300. The molecule has 7 nitrogen and oxygen atoms in total. The van der Waals surface area contributed by atoms with E-state index in [1.807, 2.05) is 43.3 Å². The van der Waals surface area contributed by atoms with Crippen molar-refractivity contribution in [2.75, 3.05) is 5.75 Å². The van der Waals surface area contributed by atoms with Crippen molar-refractivity contribution in [3.8, 4) is 0 Å². The Hall–Kier alpha value is -2.84. The summed E-state index contributed by atoms with van der Waals surface area (Å²) in [5, 5.41) is 9.37. The van der Waals surface area contributed by atoms with E-state index in [1.54, 1.807) is 17.5 Å². The van der Waals surface area contributed by atoms with Gasteiger partial charge in [-0.05, 0) is 31.2 Å². The summed E-state index contributed by atoms with van der Waals surface area (Å²) in [5.74, 6) is 0.568. The second kappa shape index (κ2) is 7.88. The Balaban J connectivity index is 1.57. The summed E-state index contributed by atoms with van der Waals surface area (Å²) in [7, 11) is 1.64. The van der Waals surface area contributed by atoms with E-state index in [-0.39, 0.29) is 17.9 Å². The predicted molar refractivity (Wildman–Crippen MR) is 112 cm³/mol. The van der Waals surface area contributed by atoms with Gasteiger partial charge in [-0.2, -0.15) is 0 Å². The predicted octanol–water partition coefficient (Wildman–Crippen LogP) is 3.38. The first-order chi connectivity index (χ1) is 14.0. The minimum Gasteiger partial charge on any atom is -0.457 e. The summed E-state index contributed by atoms with van der Waals surface area (Å²) in [6, 6.07) is 12.9. The Kier molecular flexibility index (Phi) is 5.29. The highest BCUT2D eigenvalue weighted by molar-refractivity contribution is 8.00. The van der Waals surface area contributed by atoms with Crippen LogP contribution < -0.4 is 5.56 Å². The molecule has 0 aliphatic carbocycles. The van der Waals surface area contributed by atoms with Crippen LogP contribution in [0, 0.1) is 6.92 Å². The van der Waals surface area contributed by atoms with E-state index in [1.165, 1.54) is 16.3 Å². The van der Waals surface area contributed by atoms with Crippen LogP contribution in [0.2, 0.25) is 5.02 Å². The zero-order valence-electron chi connectivity index (χ0n) is 15.8. The average molecular weight is 429 g/mol. The lowest BCUT2D eigenvalue weighted by molar-refractivity contribution is -0.141. The standard InChI is InChI=1S/C20H17ClN4O3S/c1-12-7-8-15-13(9-12)19(27)24(2)20-23-22-17(25(15)20)10-28-18(26)11-29-16-6-4-3-5-14(16)21/h3-9H,10-11H2,1-2H3. The second-order valence-electron chi connectivity index (χ2n) is 6.52. The molecule has 2 aromatic heterocycles. The number of nitrogens with zero attached hydrogens (tertiary/aromatic N) is 4. The quantitative estimate of drug-likeness (QED) is 0.358. The smallest absolute Gasteiger partial charge is 0.316 e. The topological polar surface area (TPSA) is 78.5 Å². The minimum atomic E-state index is -0.392.